The fourth-order valence-electron chi connectivity index (χ4n) is 2.05. The van der Waals surface area contributed by atoms with Gasteiger partial charge in [-0.05, 0) is 25.3 Å². The number of morpholine rings is 1. The number of ether oxygens (including phenoxy) is 1. The number of sulfonamides is 1. The maximum absolute atomic E-state index is 12.7. The van der Waals surface area contributed by atoms with E-state index in [1.54, 1.807) is 0 Å². The normalized spacial score (nSPS) is 16.8. The molecule has 0 radical (unpaired) electrons. The van der Waals surface area contributed by atoms with Crippen LogP contribution in [0.25, 0.3) is 0 Å². The van der Waals surface area contributed by atoms with Gasteiger partial charge in [0.05, 0.1) is 18.6 Å². The molecule has 24 heavy (non-hydrogen) atoms. The van der Waals surface area contributed by atoms with Gasteiger partial charge in [-0.15, -0.1) is 11.3 Å². The van der Waals surface area contributed by atoms with Crippen molar-refractivity contribution in [2.24, 2.45) is 5.41 Å². The minimum absolute atomic E-state index is 0.0555. The molecule has 0 unspecified atom stereocenters. The molecular formula is C14H20N2O6S2. The van der Waals surface area contributed by atoms with E-state index in [1.165, 1.54) is 29.6 Å². The predicted molar refractivity (Wildman–Crippen MR) is 87.6 cm³/mol. The first kappa shape index (κ1) is 18.8. The summed E-state index contributed by atoms with van der Waals surface area (Å²) in [5, 5.41) is 13.1. The second kappa shape index (κ2) is 7.18. The van der Waals surface area contributed by atoms with Gasteiger partial charge in [0.15, 0.2) is 0 Å². The first-order chi connectivity index (χ1) is 11.2. The average molecular weight is 376 g/mol. The summed E-state index contributed by atoms with van der Waals surface area (Å²) in [6.45, 7) is 3.98. The Balaban J connectivity index is 2.17. The molecule has 0 atom stereocenters. The summed E-state index contributed by atoms with van der Waals surface area (Å²) in [5.41, 5.74) is -1.14. The van der Waals surface area contributed by atoms with Crippen LogP contribution in [0.1, 0.15) is 23.5 Å². The second-order valence-corrected chi connectivity index (χ2v) is 8.82. The molecule has 1 amide bonds. The number of thiophene rings is 1. The lowest BCUT2D eigenvalue weighted by Crippen LogP contribution is -2.42. The Labute approximate surface area is 144 Å². The standard InChI is InChI=1S/C14H20N2O6S2/c1-14(2,13(18)19)9-15-12(17)11-10(3-8-23-11)24(20,21)16-4-6-22-7-5-16/h3,8H,4-7,9H2,1-2H3,(H,15,17)(H,18,19). The van der Waals surface area contributed by atoms with E-state index >= 15 is 0 Å². The largest absolute Gasteiger partial charge is 0.481 e. The highest BCUT2D eigenvalue weighted by molar-refractivity contribution is 7.89. The number of carboxylic acid groups (broad SMARTS) is 1. The molecule has 0 aliphatic carbocycles. The summed E-state index contributed by atoms with van der Waals surface area (Å²) in [6.07, 6.45) is 0. The number of rotatable bonds is 6. The third-order valence-electron chi connectivity index (χ3n) is 3.69. The zero-order valence-electron chi connectivity index (χ0n) is 13.4. The summed E-state index contributed by atoms with van der Waals surface area (Å²) in [6, 6.07) is 1.40. The quantitative estimate of drug-likeness (QED) is 0.752. The molecule has 10 heteroatoms. The van der Waals surface area contributed by atoms with Gasteiger partial charge >= 0.3 is 5.97 Å². The molecule has 1 saturated heterocycles. The van der Waals surface area contributed by atoms with Crippen LogP contribution in [0.5, 0.6) is 0 Å². The van der Waals surface area contributed by atoms with Gasteiger partial charge in [0.1, 0.15) is 9.77 Å². The lowest BCUT2D eigenvalue weighted by molar-refractivity contribution is -0.146. The van der Waals surface area contributed by atoms with Gasteiger partial charge in [-0.1, -0.05) is 0 Å². The molecule has 0 aromatic carbocycles. The molecule has 0 spiro atoms. The van der Waals surface area contributed by atoms with Crippen LogP contribution in [-0.4, -0.2) is 62.6 Å². The van der Waals surface area contributed by atoms with E-state index in [4.69, 9.17) is 9.84 Å². The van der Waals surface area contributed by atoms with E-state index in [0.29, 0.717) is 13.2 Å². The number of hydrogen-bond acceptors (Lipinski definition) is 6. The highest BCUT2D eigenvalue weighted by Crippen LogP contribution is 2.26. The van der Waals surface area contributed by atoms with Crippen molar-refractivity contribution in [1.29, 1.82) is 0 Å². The Morgan fingerprint density at radius 3 is 2.58 bits per heavy atom. The molecular weight excluding hydrogens is 356 g/mol. The van der Waals surface area contributed by atoms with E-state index in [9.17, 15) is 18.0 Å². The maximum Gasteiger partial charge on any atom is 0.310 e. The van der Waals surface area contributed by atoms with Crippen molar-refractivity contribution in [3.05, 3.63) is 16.3 Å². The minimum atomic E-state index is -3.78. The smallest absolute Gasteiger partial charge is 0.310 e. The zero-order valence-corrected chi connectivity index (χ0v) is 15.1. The third-order valence-corrected chi connectivity index (χ3v) is 6.68. The van der Waals surface area contributed by atoms with Gasteiger partial charge in [-0.2, -0.15) is 4.31 Å². The molecule has 0 saturated carbocycles. The van der Waals surface area contributed by atoms with E-state index < -0.39 is 27.3 Å². The highest BCUT2D eigenvalue weighted by Gasteiger charge is 2.32. The highest BCUT2D eigenvalue weighted by atomic mass is 32.2. The Kier molecular flexibility index (Phi) is 5.63. The van der Waals surface area contributed by atoms with Gasteiger partial charge in [0.25, 0.3) is 5.91 Å². The zero-order chi connectivity index (χ0) is 18.0. The van der Waals surface area contributed by atoms with Crippen LogP contribution in [0.4, 0.5) is 0 Å². The summed E-state index contributed by atoms with van der Waals surface area (Å²) >= 11 is 1.01. The van der Waals surface area contributed by atoms with Crippen LogP contribution in [0.15, 0.2) is 16.3 Å². The van der Waals surface area contributed by atoms with Crippen LogP contribution < -0.4 is 5.32 Å². The van der Waals surface area contributed by atoms with Crippen molar-refractivity contribution in [1.82, 2.24) is 9.62 Å². The number of carboxylic acids is 1. The van der Waals surface area contributed by atoms with Crippen LogP contribution in [0.3, 0.4) is 0 Å². The topological polar surface area (TPSA) is 113 Å². The maximum atomic E-state index is 12.7. The first-order valence-electron chi connectivity index (χ1n) is 7.33. The molecule has 2 heterocycles. The van der Waals surface area contributed by atoms with Crippen molar-refractivity contribution in [2.45, 2.75) is 18.7 Å². The number of carbonyl (C=O) groups is 2. The number of amides is 1. The lowest BCUT2D eigenvalue weighted by atomic mass is 9.94. The van der Waals surface area contributed by atoms with Crippen molar-refractivity contribution >= 4 is 33.2 Å². The van der Waals surface area contributed by atoms with Gasteiger partial charge in [0.2, 0.25) is 10.0 Å². The molecule has 134 valence electrons. The molecule has 1 aliphatic heterocycles. The summed E-state index contributed by atoms with van der Waals surface area (Å²) < 4.78 is 31.8. The fraction of sp³-hybridized carbons (Fsp3) is 0.571. The molecule has 8 nitrogen and oxygen atoms in total. The van der Waals surface area contributed by atoms with Gasteiger partial charge in [-0.3, -0.25) is 9.59 Å². The molecule has 1 aromatic rings. The monoisotopic (exact) mass is 376 g/mol. The summed E-state index contributed by atoms with van der Waals surface area (Å²) in [5.74, 6) is -1.64. The Bertz CT molecular complexity index is 719. The summed E-state index contributed by atoms with van der Waals surface area (Å²) in [7, 11) is -3.78. The average Bonchev–Trinajstić information content (AvgIpc) is 3.04. The Hall–Kier alpha value is -1.49. The fourth-order valence-corrected chi connectivity index (χ4v) is 4.77. The van der Waals surface area contributed by atoms with E-state index in [1.807, 2.05) is 0 Å². The van der Waals surface area contributed by atoms with Crippen LogP contribution >= 0.6 is 11.3 Å². The first-order valence-corrected chi connectivity index (χ1v) is 9.65. The molecule has 0 bridgehead atoms. The van der Waals surface area contributed by atoms with Gasteiger partial charge < -0.3 is 15.2 Å². The lowest BCUT2D eigenvalue weighted by Gasteiger charge is -2.26. The van der Waals surface area contributed by atoms with Crippen molar-refractivity contribution in [3.8, 4) is 0 Å². The Morgan fingerprint density at radius 1 is 1.38 bits per heavy atom. The van der Waals surface area contributed by atoms with E-state index in [0.717, 1.165) is 11.3 Å². The molecule has 1 aliphatic rings. The number of nitrogens with one attached hydrogen (secondary N) is 1. The van der Waals surface area contributed by atoms with Gasteiger partial charge in [-0.25, -0.2) is 8.42 Å². The SMILES string of the molecule is CC(C)(CNC(=O)c1sccc1S(=O)(=O)N1CCOCC1)C(=O)O. The Morgan fingerprint density at radius 2 is 2.00 bits per heavy atom. The third kappa shape index (κ3) is 3.94. The van der Waals surface area contributed by atoms with Crippen LogP contribution in [0.2, 0.25) is 0 Å². The number of carbonyl (C=O) groups excluding carboxylic acids is 1. The number of hydrogen-bond donors (Lipinski definition) is 2. The van der Waals surface area contributed by atoms with Crippen molar-refractivity contribution in [3.63, 3.8) is 0 Å². The van der Waals surface area contributed by atoms with E-state index in [2.05, 4.69) is 5.32 Å². The molecule has 1 fully saturated rings. The number of aliphatic carboxylic acids is 1. The van der Waals surface area contributed by atoms with Gasteiger partial charge in [0, 0.05) is 19.6 Å². The van der Waals surface area contributed by atoms with E-state index in [-0.39, 0.29) is 29.4 Å². The predicted octanol–water partition coefficient (Wildman–Crippen LogP) is 0.610. The van der Waals surface area contributed by atoms with Crippen molar-refractivity contribution < 1.29 is 27.9 Å². The minimum Gasteiger partial charge on any atom is -0.481 e. The van der Waals surface area contributed by atoms with Crippen LogP contribution in [-0.2, 0) is 19.6 Å². The molecule has 2 rings (SSSR count). The second-order valence-electron chi connectivity index (χ2n) is 6.00. The summed E-state index contributed by atoms with van der Waals surface area (Å²) in [4.78, 5) is 23.4. The molecule has 1 aromatic heterocycles. The molecule has 2 N–H and O–H groups in total. The van der Waals surface area contributed by atoms with Crippen molar-refractivity contribution in [2.75, 3.05) is 32.8 Å². The number of nitrogens with zero attached hydrogens (tertiary/aromatic N) is 1. The van der Waals surface area contributed by atoms with Crippen LogP contribution in [0, 0.1) is 5.41 Å².